The molecule has 1 amide bonds. The average Bonchev–Trinajstić information content (AvgIpc) is 2.99. The number of ether oxygens (including phenoxy) is 2. The summed E-state index contributed by atoms with van der Waals surface area (Å²) < 4.78 is 11.2. The van der Waals surface area contributed by atoms with Crippen LogP contribution in [0.15, 0.2) is 33.9 Å². The van der Waals surface area contributed by atoms with Crippen LogP contribution in [0.3, 0.4) is 0 Å². The third-order valence-electron chi connectivity index (χ3n) is 3.78. The smallest absolute Gasteiger partial charge is 0.329 e. The van der Waals surface area contributed by atoms with Crippen molar-refractivity contribution in [2.45, 2.75) is 13.5 Å². The van der Waals surface area contributed by atoms with Gasteiger partial charge in [-0.2, -0.15) is 0 Å². The van der Waals surface area contributed by atoms with Crippen LogP contribution < -0.4 is 26.0 Å². The predicted octanol–water partition coefficient (Wildman–Crippen LogP) is 1.72. The van der Waals surface area contributed by atoms with E-state index in [0.29, 0.717) is 27.4 Å². The van der Waals surface area contributed by atoms with Gasteiger partial charge in [-0.25, -0.2) is 4.79 Å². The second kappa shape index (κ2) is 7.04. The van der Waals surface area contributed by atoms with E-state index in [2.05, 4.69) is 10.3 Å². The Morgan fingerprint density at radius 1 is 1.23 bits per heavy atom. The average molecular weight is 375 g/mol. The van der Waals surface area contributed by atoms with Gasteiger partial charge in [0.25, 0.3) is 5.56 Å². The van der Waals surface area contributed by atoms with Crippen LogP contribution in [0.4, 0.5) is 5.69 Å². The molecule has 0 saturated heterocycles. The number of methoxy groups -OCH3 is 2. The van der Waals surface area contributed by atoms with Crippen molar-refractivity contribution in [2.75, 3.05) is 19.5 Å². The number of carbonyl (C=O) groups excluding carboxylic acids is 1. The maximum atomic E-state index is 12.5. The molecule has 9 heteroatoms. The number of rotatable bonds is 5. The number of amides is 1. The molecule has 2 heterocycles. The van der Waals surface area contributed by atoms with Gasteiger partial charge in [-0.3, -0.25) is 19.1 Å². The van der Waals surface area contributed by atoms with Gasteiger partial charge in [0.15, 0.2) is 0 Å². The third kappa shape index (κ3) is 3.33. The molecule has 2 N–H and O–H groups in total. The van der Waals surface area contributed by atoms with E-state index in [-0.39, 0.29) is 0 Å². The molecule has 0 saturated carbocycles. The van der Waals surface area contributed by atoms with Crippen molar-refractivity contribution in [3.05, 3.63) is 50.0 Å². The van der Waals surface area contributed by atoms with Crippen LogP contribution in [-0.2, 0) is 11.3 Å². The largest absolute Gasteiger partial charge is 0.497 e. The lowest BCUT2D eigenvalue weighted by Gasteiger charge is -2.12. The molecule has 0 unspecified atom stereocenters. The monoisotopic (exact) mass is 375 g/mol. The van der Waals surface area contributed by atoms with Gasteiger partial charge in [-0.15, -0.1) is 11.3 Å². The zero-order valence-corrected chi connectivity index (χ0v) is 15.2. The highest BCUT2D eigenvalue weighted by Crippen LogP contribution is 2.28. The van der Waals surface area contributed by atoms with Crippen molar-refractivity contribution in [3.8, 4) is 11.5 Å². The molecule has 3 rings (SSSR count). The summed E-state index contributed by atoms with van der Waals surface area (Å²) in [6, 6.07) is 6.60. The molecular weight excluding hydrogens is 358 g/mol. The first kappa shape index (κ1) is 17.7. The number of fused-ring (bicyclic) bond motifs is 1. The minimum absolute atomic E-state index is 0.391. The zero-order valence-electron chi connectivity index (χ0n) is 14.4. The first-order valence-corrected chi connectivity index (χ1v) is 8.49. The first-order chi connectivity index (χ1) is 12.4. The standard InChI is InChI=1S/C17H17N3O5S/c1-9-6-11-15(26-9)19-17(23)20(16(11)22)8-14(21)18-12-5-4-10(24-2)7-13(12)25-3/h4-7H,8H2,1-3H3,(H,18,21)(H,19,23). The van der Waals surface area contributed by atoms with E-state index < -0.39 is 23.7 Å². The molecule has 0 spiro atoms. The van der Waals surface area contributed by atoms with Gasteiger partial charge in [0.1, 0.15) is 22.9 Å². The lowest BCUT2D eigenvalue weighted by atomic mass is 10.2. The van der Waals surface area contributed by atoms with Crippen molar-refractivity contribution in [1.82, 2.24) is 9.55 Å². The normalized spacial score (nSPS) is 10.7. The summed E-state index contributed by atoms with van der Waals surface area (Å²) in [5.74, 6) is 0.459. The summed E-state index contributed by atoms with van der Waals surface area (Å²) in [5.41, 5.74) is -0.707. The fourth-order valence-corrected chi connectivity index (χ4v) is 3.44. The minimum Gasteiger partial charge on any atom is -0.497 e. The number of carbonyl (C=O) groups is 1. The van der Waals surface area contributed by atoms with E-state index >= 15 is 0 Å². The van der Waals surface area contributed by atoms with Gasteiger partial charge in [0.2, 0.25) is 5.91 Å². The van der Waals surface area contributed by atoms with Gasteiger partial charge < -0.3 is 14.8 Å². The number of anilines is 1. The number of H-pyrrole nitrogens is 1. The lowest BCUT2D eigenvalue weighted by Crippen LogP contribution is -2.38. The fourth-order valence-electron chi connectivity index (χ4n) is 2.55. The van der Waals surface area contributed by atoms with Gasteiger partial charge in [-0.1, -0.05) is 0 Å². The molecule has 0 aliphatic heterocycles. The molecule has 2 aromatic heterocycles. The van der Waals surface area contributed by atoms with Crippen LogP contribution in [0.1, 0.15) is 4.88 Å². The van der Waals surface area contributed by atoms with E-state index in [0.717, 1.165) is 9.44 Å². The molecule has 0 aliphatic carbocycles. The van der Waals surface area contributed by atoms with Crippen molar-refractivity contribution in [3.63, 3.8) is 0 Å². The quantitative estimate of drug-likeness (QED) is 0.707. The number of aromatic nitrogens is 2. The number of aromatic amines is 1. The highest BCUT2D eigenvalue weighted by Gasteiger charge is 2.14. The Bertz CT molecular complexity index is 1100. The Labute approximate surface area is 152 Å². The second-order valence-electron chi connectivity index (χ2n) is 5.54. The lowest BCUT2D eigenvalue weighted by molar-refractivity contribution is -0.116. The molecule has 0 bridgehead atoms. The summed E-state index contributed by atoms with van der Waals surface area (Å²) in [4.78, 5) is 41.0. The van der Waals surface area contributed by atoms with Crippen LogP contribution in [-0.4, -0.2) is 29.7 Å². The number of aryl methyl sites for hydroxylation is 1. The highest BCUT2D eigenvalue weighted by molar-refractivity contribution is 7.18. The van der Waals surface area contributed by atoms with E-state index in [9.17, 15) is 14.4 Å². The Morgan fingerprint density at radius 2 is 2.00 bits per heavy atom. The topological polar surface area (TPSA) is 102 Å². The molecule has 0 atom stereocenters. The van der Waals surface area contributed by atoms with Gasteiger partial charge in [0.05, 0.1) is 25.3 Å². The fraction of sp³-hybridized carbons (Fsp3) is 0.235. The number of hydrogen-bond acceptors (Lipinski definition) is 6. The van der Waals surface area contributed by atoms with Crippen molar-refractivity contribution >= 4 is 33.1 Å². The number of hydrogen-bond donors (Lipinski definition) is 2. The number of nitrogens with zero attached hydrogens (tertiary/aromatic N) is 1. The molecule has 8 nitrogen and oxygen atoms in total. The number of thiophene rings is 1. The molecule has 0 radical (unpaired) electrons. The maximum Gasteiger partial charge on any atom is 0.329 e. The Hall–Kier alpha value is -3.07. The van der Waals surface area contributed by atoms with Gasteiger partial charge >= 0.3 is 5.69 Å². The number of benzene rings is 1. The van der Waals surface area contributed by atoms with Gasteiger partial charge in [0, 0.05) is 10.9 Å². The third-order valence-corrected chi connectivity index (χ3v) is 4.75. The minimum atomic E-state index is -0.624. The Kier molecular flexibility index (Phi) is 4.81. The molecular formula is C17H17N3O5S. The van der Waals surface area contributed by atoms with E-state index in [4.69, 9.17) is 9.47 Å². The van der Waals surface area contributed by atoms with Crippen LogP contribution in [0.2, 0.25) is 0 Å². The van der Waals surface area contributed by atoms with Crippen molar-refractivity contribution < 1.29 is 14.3 Å². The number of nitrogens with one attached hydrogen (secondary N) is 2. The second-order valence-corrected chi connectivity index (χ2v) is 6.79. The van der Waals surface area contributed by atoms with E-state index in [1.807, 2.05) is 6.92 Å². The maximum absolute atomic E-state index is 12.5. The van der Waals surface area contributed by atoms with Gasteiger partial charge in [-0.05, 0) is 25.1 Å². The van der Waals surface area contributed by atoms with E-state index in [1.165, 1.54) is 25.6 Å². The molecule has 136 valence electrons. The molecule has 3 aromatic rings. The summed E-state index contributed by atoms with van der Waals surface area (Å²) in [6.45, 7) is 1.43. The first-order valence-electron chi connectivity index (χ1n) is 7.68. The van der Waals surface area contributed by atoms with Crippen LogP contribution in [0.25, 0.3) is 10.2 Å². The molecule has 26 heavy (non-hydrogen) atoms. The van der Waals surface area contributed by atoms with Crippen LogP contribution in [0, 0.1) is 6.92 Å². The summed E-state index contributed by atoms with van der Waals surface area (Å²) in [6.07, 6.45) is 0. The Balaban J connectivity index is 1.88. The summed E-state index contributed by atoms with van der Waals surface area (Å²) in [5, 5.41) is 3.03. The summed E-state index contributed by atoms with van der Waals surface area (Å²) in [7, 11) is 2.99. The van der Waals surface area contributed by atoms with Crippen molar-refractivity contribution in [1.29, 1.82) is 0 Å². The summed E-state index contributed by atoms with van der Waals surface area (Å²) >= 11 is 1.32. The zero-order chi connectivity index (χ0) is 18.8. The van der Waals surface area contributed by atoms with Crippen molar-refractivity contribution in [2.24, 2.45) is 0 Å². The van der Waals surface area contributed by atoms with Crippen LogP contribution >= 0.6 is 11.3 Å². The Morgan fingerprint density at radius 3 is 2.69 bits per heavy atom. The molecule has 0 fully saturated rings. The predicted molar refractivity (Wildman–Crippen MR) is 99.6 cm³/mol. The molecule has 0 aliphatic rings. The SMILES string of the molecule is COc1ccc(NC(=O)Cn2c(=O)[nH]c3sc(C)cc3c2=O)c(OC)c1. The van der Waals surface area contributed by atoms with Crippen LogP contribution in [0.5, 0.6) is 11.5 Å². The highest BCUT2D eigenvalue weighted by atomic mass is 32.1. The molecule has 1 aromatic carbocycles. The van der Waals surface area contributed by atoms with E-state index in [1.54, 1.807) is 24.3 Å².